The van der Waals surface area contributed by atoms with E-state index in [9.17, 15) is 19.2 Å². The highest BCUT2D eigenvalue weighted by Gasteiger charge is 2.22. The Balaban J connectivity index is 2.20. The molecular formula is C24H28N2O5. The summed E-state index contributed by atoms with van der Waals surface area (Å²) < 4.78 is 5.36. The van der Waals surface area contributed by atoms with Gasteiger partial charge < -0.3 is 15.4 Å². The lowest BCUT2D eigenvalue weighted by Crippen LogP contribution is -2.25. The molecule has 7 nitrogen and oxygen atoms in total. The predicted molar refractivity (Wildman–Crippen MR) is 119 cm³/mol. The Kier molecular flexibility index (Phi) is 7.33. The second-order valence-electron chi connectivity index (χ2n) is 8.40. The van der Waals surface area contributed by atoms with Gasteiger partial charge in [-0.25, -0.2) is 4.79 Å². The standard InChI is InChI=1S/C24H28N2O5/c1-14(22(29)17-7-9-19(10-8-17)24(4,5)6)31-23(30)18-11-20(25-15(2)27)13-21(12-18)26-16(3)28/h7-14H,1-6H3,(H,25,27)(H,26,28). The van der Waals surface area contributed by atoms with Crippen molar-refractivity contribution < 1.29 is 23.9 Å². The molecule has 0 aliphatic heterocycles. The lowest BCUT2D eigenvalue weighted by Gasteiger charge is -2.19. The number of nitrogens with one attached hydrogen (secondary N) is 2. The minimum atomic E-state index is -1.01. The molecule has 2 aromatic rings. The molecule has 0 spiro atoms. The number of rotatable bonds is 6. The lowest BCUT2D eigenvalue weighted by molar-refractivity contribution is -0.115. The van der Waals surface area contributed by atoms with Crippen LogP contribution in [0.15, 0.2) is 42.5 Å². The number of benzene rings is 2. The van der Waals surface area contributed by atoms with E-state index in [1.807, 2.05) is 12.1 Å². The van der Waals surface area contributed by atoms with E-state index in [2.05, 4.69) is 31.4 Å². The Labute approximate surface area is 182 Å². The molecule has 0 bridgehead atoms. The van der Waals surface area contributed by atoms with Gasteiger partial charge in [-0.2, -0.15) is 0 Å². The van der Waals surface area contributed by atoms with Gasteiger partial charge in [0.2, 0.25) is 17.6 Å². The Morgan fingerprint density at radius 3 is 1.71 bits per heavy atom. The molecule has 2 aromatic carbocycles. The molecule has 0 aliphatic carbocycles. The van der Waals surface area contributed by atoms with E-state index in [4.69, 9.17) is 4.74 Å². The van der Waals surface area contributed by atoms with Crippen molar-refractivity contribution in [1.82, 2.24) is 0 Å². The van der Waals surface area contributed by atoms with Gasteiger partial charge in [0.1, 0.15) is 0 Å². The third kappa shape index (κ3) is 6.77. The number of amides is 2. The number of carbonyl (C=O) groups excluding carboxylic acids is 4. The summed E-state index contributed by atoms with van der Waals surface area (Å²) in [5.41, 5.74) is 2.24. The molecular weight excluding hydrogens is 396 g/mol. The molecule has 2 N–H and O–H groups in total. The van der Waals surface area contributed by atoms with Gasteiger partial charge in [-0.15, -0.1) is 0 Å². The summed E-state index contributed by atoms with van der Waals surface area (Å²) in [6, 6.07) is 11.6. The van der Waals surface area contributed by atoms with Gasteiger partial charge in [0.15, 0.2) is 6.10 Å². The minimum absolute atomic E-state index is 0.0375. The first-order chi connectivity index (χ1) is 14.4. The Morgan fingerprint density at radius 2 is 1.29 bits per heavy atom. The maximum Gasteiger partial charge on any atom is 0.338 e. The molecule has 0 saturated heterocycles. The fraction of sp³-hybridized carbons (Fsp3) is 0.333. The SMILES string of the molecule is CC(=O)Nc1cc(NC(C)=O)cc(C(=O)OC(C)C(=O)c2ccc(C(C)(C)C)cc2)c1. The highest BCUT2D eigenvalue weighted by atomic mass is 16.5. The van der Waals surface area contributed by atoms with Crippen LogP contribution in [0.4, 0.5) is 11.4 Å². The van der Waals surface area contributed by atoms with E-state index in [0.717, 1.165) is 5.56 Å². The third-order valence-electron chi connectivity index (χ3n) is 4.50. The van der Waals surface area contributed by atoms with Gasteiger partial charge in [0, 0.05) is 30.8 Å². The number of anilines is 2. The Morgan fingerprint density at radius 1 is 0.806 bits per heavy atom. The first kappa shape index (κ1) is 23.8. The van der Waals surface area contributed by atoms with E-state index in [1.165, 1.54) is 39.0 Å². The fourth-order valence-corrected chi connectivity index (χ4v) is 2.95. The number of carbonyl (C=O) groups is 4. The summed E-state index contributed by atoms with van der Waals surface area (Å²) in [6.45, 7) is 10.4. The summed E-state index contributed by atoms with van der Waals surface area (Å²) in [5.74, 6) is -1.73. The predicted octanol–water partition coefficient (Wildman–Crippen LogP) is 4.33. The first-order valence-electron chi connectivity index (χ1n) is 9.93. The highest BCUT2D eigenvalue weighted by molar-refractivity contribution is 6.02. The van der Waals surface area contributed by atoms with Crippen LogP contribution in [-0.4, -0.2) is 29.7 Å². The maximum atomic E-state index is 12.7. The summed E-state index contributed by atoms with van der Waals surface area (Å²) in [7, 11) is 0. The molecule has 0 aromatic heterocycles. The summed E-state index contributed by atoms with van der Waals surface area (Å²) in [6.07, 6.45) is -1.01. The Hall–Kier alpha value is -3.48. The van der Waals surface area contributed by atoms with E-state index < -0.39 is 12.1 Å². The van der Waals surface area contributed by atoms with Crippen LogP contribution in [0.1, 0.15) is 67.8 Å². The van der Waals surface area contributed by atoms with Gasteiger partial charge in [0.25, 0.3) is 0 Å². The van der Waals surface area contributed by atoms with Crippen LogP contribution in [-0.2, 0) is 19.7 Å². The molecule has 31 heavy (non-hydrogen) atoms. The Bertz CT molecular complexity index is 969. The van der Waals surface area contributed by atoms with Crippen molar-refractivity contribution in [3.8, 4) is 0 Å². The van der Waals surface area contributed by atoms with Crippen LogP contribution in [0.2, 0.25) is 0 Å². The van der Waals surface area contributed by atoms with Crippen molar-refractivity contribution in [2.75, 3.05) is 10.6 Å². The summed E-state index contributed by atoms with van der Waals surface area (Å²) in [5, 5.41) is 5.14. The molecule has 0 aliphatic rings. The molecule has 1 atom stereocenters. The topological polar surface area (TPSA) is 102 Å². The van der Waals surface area contributed by atoms with Gasteiger partial charge in [0.05, 0.1) is 5.56 Å². The van der Waals surface area contributed by atoms with Crippen molar-refractivity contribution in [2.45, 2.75) is 53.1 Å². The van der Waals surface area contributed by atoms with Crippen LogP contribution >= 0.6 is 0 Å². The number of hydrogen-bond donors (Lipinski definition) is 2. The second-order valence-corrected chi connectivity index (χ2v) is 8.40. The molecule has 2 amide bonds. The number of hydrogen-bond acceptors (Lipinski definition) is 5. The average Bonchev–Trinajstić information content (AvgIpc) is 2.65. The number of esters is 1. The molecule has 2 rings (SSSR count). The average molecular weight is 424 g/mol. The normalized spacial score (nSPS) is 11.9. The molecule has 0 heterocycles. The van der Waals surface area contributed by atoms with E-state index in [1.54, 1.807) is 12.1 Å². The van der Waals surface area contributed by atoms with Crippen molar-refractivity contribution in [3.63, 3.8) is 0 Å². The van der Waals surface area contributed by atoms with Crippen molar-refractivity contribution in [2.24, 2.45) is 0 Å². The van der Waals surface area contributed by atoms with Crippen molar-refractivity contribution in [3.05, 3.63) is 59.2 Å². The highest BCUT2D eigenvalue weighted by Crippen LogP contribution is 2.23. The van der Waals surface area contributed by atoms with Gasteiger partial charge in [-0.3, -0.25) is 14.4 Å². The quantitative estimate of drug-likeness (QED) is 0.531. The van der Waals surface area contributed by atoms with Crippen LogP contribution in [0.25, 0.3) is 0 Å². The summed E-state index contributed by atoms with van der Waals surface area (Å²) >= 11 is 0. The zero-order valence-corrected chi connectivity index (χ0v) is 18.7. The molecule has 0 radical (unpaired) electrons. The van der Waals surface area contributed by atoms with E-state index in [0.29, 0.717) is 16.9 Å². The largest absolute Gasteiger partial charge is 0.451 e. The van der Waals surface area contributed by atoms with Gasteiger partial charge in [-0.05, 0) is 36.1 Å². The monoisotopic (exact) mass is 424 g/mol. The second kappa shape index (κ2) is 9.55. The zero-order chi connectivity index (χ0) is 23.3. The van der Waals surface area contributed by atoms with Crippen molar-refractivity contribution in [1.29, 1.82) is 0 Å². The smallest absolute Gasteiger partial charge is 0.338 e. The number of ketones is 1. The zero-order valence-electron chi connectivity index (χ0n) is 18.7. The summed E-state index contributed by atoms with van der Waals surface area (Å²) in [4.78, 5) is 48.1. The fourth-order valence-electron chi connectivity index (χ4n) is 2.95. The van der Waals surface area contributed by atoms with E-state index >= 15 is 0 Å². The molecule has 164 valence electrons. The van der Waals surface area contributed by atoms with Crippen LogP contribution in [0.3, 0.4) is 0 Å². The van der Waals surface area contributed by atoms with Gasteiger partial charge >= 0.3 is 5.97 Å². The molecule has 7 heteroatoms. The number of Topliss-reactive ketones (excluding diaryl/α,β-unsaturated/α-hetero) is 1. The van der Waals surface area contributed by atoms with Gasteiger partial charge in [-0.1, -0.05) is 45.0 Å². The molecule has 0 fully saturated rings. The first-order valence-corrected chi connectivity index (χ1v) is 9.93. The van der Waals surface area contributed by atoms with Crippen LogP contribution in [0.5, 0.6) is 0 Å². The van der Waals surface area contributed by atoms with Crippen LogP contribution in [0, 0.1) is 0 Å². The number of ether oxygens (including phenoxy) is 1. The third-order valence-corrected chi connectivity index (χ3v) is 4.50. The minimum Gasteiger partial charge on any atom is -0.451 e. The van der Waals surface area contributed by atoms with E-state index in [-0.39, 0.29) is 28.6 Å². The lowest BCUT2D eigenvalue weighted by atomic mass is 9.86. The molecule has 1 unspecified atom stereocenters. The van der Waals surface area contributed by atoms with Crippen LogP contribution < -0.4 is 10.6 Å². The maximum absolute atomic E-state index is 12.7. The van der Waals surface area contributed by atoms with Crippen molar-refractivity contribution >= 4 is 34.9 Å². The molecule has 0 saturated carbocycles.